The maximum atomic E-state index is 6.12. The minimum atomic E-state index is 0.590. The summed E-state index contributed by atoms with van der Waals surface area (Å²) >= 11 is 0. The molecule has 0 nitrogen and oxygen atoms in total. The van der Waals surface area contributed by atoms with E-state index in [0.717, 1.165) is 35.9 Å². The molecule has 0 bridgehead atoms. The highest BCUT2D eigenvalue weighted by atomic mass is 14.6. The van der Waals surface area contributed by atoms with Gasteiger partial charge < -0.3 is 0 Å². The first-order valence-corrected chi connectivity index (χ1v) is 12.6. The van der Waals surface area contributed by atoms with Crippen molar-refractivity contribution in [3.8, 4) is 0 Å². The van der Waals surface area contributed by atoms with Gasteiger partial charge in [0.1, 0.15) is 0 Å². The molecule has 2 radical (unpaired) electrons. The van der Waals surface area contributed by atoms with Crippen LogP contribution in [0.4, 0.5) is 0 Å². The molecule has 3 saturated carbocycles. The summed E-state index contributed by atoms with van der Waals surface area (Å²) in [4.78, 5) is 0. The second-order valence-corrected chi connectivity index (χ2v) is 11.4. The number of unbranched alkanes of at least 4 members (excludes halogenated alkanes) is 2. The quantitative estimate of drug-likeness (QED) is 0.299. The maximum absolute atomic E-state index is 6.12. The van der Waals surface area contributed by atoms with Gasteiger partial charge in [0.05, 0.1) is 7.85 Å². The maximum Gasteiger partial charge on any atom is 0.0656 e. The second kappa shape index (κ2) is 8.83. The molecule has 0 saturated heterocycles. The molecule has 0 aromatic rings. The molecule has 154 valence electrons. The molecule has 3 aliphatic carbocycles. The van der Waals surface area contributed by atoms with Gasteiger partial charge in [-0.05, 0) is 97.7 Å². The molecule has 27 heavy (non-hydrogen) atoms. The van der Waals surface area contributed by atoms with Crippen molar-refractivity contribution in [2.75, 3.05) is 0 Å². The number of hydrogen-bond acceptors (Lipinski definition) is 0. The Bertz CT molecular complexity index is 473. The molecule has 0 spiro atoms. The van der Waals surface area contributed by atoms with Gasteiger partial charge in [-0.15, -0.1) is 0 Å². The van der Waals surface area contributed by atoms with Crippen LogP contribution in [-0.2, 0) is 0 Å². The first-order valence-electron chi connectivity index (χ1n) is 12.6. The van der Waals surface area contributed by atoms with Gasteiger partial charge in [0, 0.05) is 0 Å². The van der Waals surface area contributed by atoms with Crippen LogP contribution in [0.25, 0.3) is 0 Å². The summed E-state index contributed by atoms with van der Waals surface area (Å²) in [6, 6.07) is 0. The lowest BCUT2D eigenvalue weighted by Crippen LogP contribution is -2.50. The SMILES string of the molecule is [B]CC(C)C1CCC2C3CCC(C)(CCCCC)C(CCC)C3CCC12C. The first-order chi connectivity index (χ1) is 12.9. The number of fused-ring (bicyclic) bond motifs is 3. The summed E-state index contributed by atoms with van der Waals surface area (Å²) in [6.07, 6.45) is 18.5. The Labute approximate surface area is 172 Å². The predicted octanol–water partition coefficient (Wildman–Crippen LogP) is 8.06. The molecule has 3 rings (SSSR count). The van der Waals surface area contributed by atoms with Crippen molar-refractivity contribution in [1.29, 1.82) is 0 Å². The van der Waals surface area contributed by atoms with E-state index < -0.39 is 0 Å². The van der Waals surface area contributed by atoms with E-state index in [9.17, 15) is 0 Å². The fourth-order valence-electron chi connectivity index (χ4n) is 8.53. The van der Waals surface area contributed by atoms with Gasteiger partial charge in [-0.3, -0.25) is 0 Å². The molecule has 0 aromatic heterocycles. The van der Waals surface area contributed by atoms with Gasteiger partial charge in [0.25, 0.3) is 0 Å². The zero-order chi connectivity index (χ0) is 19.7. The van der Waals surface area contributed by atoms with Crippen molar-refractivity contribution in [2.45, 2.75) is 118 Å². The topological polar surface area (TPSA) is 0 Å². The lowest BCUT2D eigenvalue weighted by Gasteiger charge is -2.58. The Morgan fingerprint density at radius 1 is 0.926 bits per heavy atom. The van der Waals surface area contributed by atoms with Crippen LogP contribution >= 0.6 is 0 Å². The number of rotatable bonds is 8. The lowest BCUT2D eigenvalue weighted by molar-refractivity contribution is -0.0900. The third-order valence-corrected chi connectivity index (χ3v) is 10.0. The van der Waals surface area contributed by atoms with Crippen molar-refractivity contribution in [1.82, 2.24) is 0 Å². The Hall–Kier alpha value is 0.0649. The highest BCUT2D eigenvalue weighted by molar-refractivity contribution is 6.08. The zero-order valence-electron chi connectivity index (χ0n) is 19.2. The van der Waals surface area contributed by atoms with Crippen LogP contribution in [0.5, 0.6) is 0 Å². The van der Waals surface area contributed by atoms with Crippen LogP contribution in [-0.4, -0.2) is 7.85 Å². The molecule has 0 amide bonds. The Kier molecular flexibility index (Phi) is 7.12. The van der Waals surface area contributed by atoms with Crippen LogP contribution < -0.4 is 0 Å². The number of hydrogen-bond donors (Lipinski definition) is 0. The first kappa shape index (κ1) is 21.8. The van der Waals surface area contributed by atoms with Crippen molar-refractivity contribution in [3.05, 3.63) is 0 Å². The predicted molar refractivity (Wildman–Crippen MR) is 120 cm³/mol. The molecule has 3 aliphatic rings. The van der Waals surface area contributed by atoms with Crippen LogP contribution in [0.2, 0.25) is 6.32 Å². The molecule has 0 heterocycles. The van der Waals surface area contributed by atoms with Gasteiger partial charge in [-0.1, -0.05) is 66.6 Å². The normalized spacial score (nSPS) is 45.3. The highest BCUT2D eigenvalue weighted by Gasteiger charge is 2.58. The summed E-state index contributed by atoms with van der Waals surface area (Å²) in [6.45, 7) is 12.6. The van der Waals surface area contributed by atoms with E-state index in [-0.39, 0.29) is 0 Å². The Morgan fingerprint density at radius 2 is 1.67 bits per heavy atom. The molecule has 8 atom stereocenters. The summed E-state index contributed by atoms with van der Waals surface area (Å²) in [7, 11) is 6.12. The minimum Gasteiger partial charge on any atom is -0.0859 e. The van der Waals surface area contributed by atoms with Gasteiger partial charge in [-0.2, -0.15) is 0 Å². The van der Waals surface area contributed by atoms with Gasteiger partial charge in [0.15, 0.2) is 0 Å². The fraction of sp³-hybridized carbons (Fsp3) is 1.00. The molecule has 8 unspecified atom stereocenters. The lowest BCUT2D eigenvalue weighted by atomic mass is 9.47. The van der Waals surface area contributed by atoms with E-state index in [1.54, 1.807) is 0 Å². The molecular formula is C26H47B. The van der Waals surface area contributed by atoms with E-state index >= 15 is 0 Å². The van der Waals surface area contributed by atoms with Crippen molar-refractivity contribution >= 4 is 7.85 Å². The van der Waals surface area contributed by atoms with Crippen LogP contribution in [0, 0.1) is 46.3 Å². The summed E-state index contributed by atoms with van der Waals surface area (Å²) < 4.78 is 0. The average molecular weight is 370 g/mol. The van der Waals surface area contributed by atoms with E-state index in [2.05, 4.69) is 34.6 Å². The molecule has 0 aliphatic heterocycles. The van der Waals surface area contributed by atoms with Gasteiger partial charge in [0.2, 0.25) is 0 Å². The smallest absolute Gasteiger partial charge is 0.0656 e. The summed E-state index contributed by atoms with van der Waals surface area (Å²) in [5.41, 5.74) is 1.22. The van der Waals surface area contributed by atoms with E-state index in [0.29, 0.717) is 16.7 Å². The van der Waals surface area contributed by atoms with Crippen molar-refractivity contribution in [2.24, 2.45) is 46.3 Å². The largest absolute Gasteiger partial charge is 0.0859 e. The average Bonchev–Trinajstić information content (AvgIpc) is 3.01. The van der Waals surface area contributed by atoms with Gasteiger partial charge in [-0.25, -0.2) is 0 Å². The van der Waals surface area contributed by atoms with Crippen LogP contribution in [0.15, 0.2) is 0 Å². The van der Waals surface area contributed by atoms with Crippen molar-refractivity contribution < 1.29 is 0 Å². The second-order valence-electron chi connectivity index (χ2n) is 11.4. The standard InChI is InChI=1S/C26H47B/c1-6-8-9-15-25(4)16-13-21-20(23(25)10-7-2)14-17-26(5)22(19(3)18-27)11-12-24(21)26/h19-24H,6-18H2,1-5H3. The fourth-order valence-corrected chi connectivity index (χ4v) is 8.53. The van der Waals surface area contributed by atoms with Crippen molar-refractivity contribution in [3.63, 3.8) is 0 Å². The van der Waals surface area contributed by atoms with Crippen LogP contribution in [0.3, 0.4) is 0 Å². The Balaban J connectivity index is 1.78. The van der Waals surface area contributed by atoms with E-state index in [1.165, 1.54) is 77.0 Å². The molecule has 3 fully saturated rings. The van der Waals surface area contributed by atoms with E-state index in [1.807, 2.05) is 0 Å². The minimum absolute atomic E-state index is 0.590. The summed E-state index contributed by atoms with van der Waals surface area (Å²) in [5, 5.41) is 0. The molecule has 0 aromatic carbocycles. The third kappa shape index (κ3) is 3.92. The molecule has 0 N–H and O–H groups in total. The van der Waals surface area contributed by atoms with Gasteiger partial charge >= 0.3 is 0 Å². The molecular weight excluding hydrogens is 323 g/mol. The highest BCUT2D eigenvalue weighted by Crippen LogP contribution is 2.66. The van der Waals surface area contributed by atoms with Crippen LogP contribution in [0.1, 0.15) is 112 Å². The Morgan fingerprint density at radius 3 is 2.33 bits per heavy atom. The third-order valence-electron chi connectivity index (χ3n) is 10.0. The summed E-state index contributed by atoms with van der Waals surface area (Å²) in [5.74, 6) is 5.63. The van der Waals surface area contributed by atoms with E-state index in [4.69, 9.17) is 7.85 Å². The molecule has 1 heteroatoms. The monoisotopic (exact) mass is 370 g/mol. The zero-order valence-corrected chi connectivity index (χ0v) is 19.2.